The Bertz CT molecular complexity index is 760. The number of carbonyl (C=O) groups excluding carboxylic acids is 1. The van der Waals surface area contributed by atoms with Crippen LogP contribution in [0.1, 0.15) is 23.2 Å². The lowest BCUT2D eigenvalue weighted by atomic mass is 10.2. The van der Waals surface area contributed by atoms with Gasteiger partial charge in [-0.1, -0.05) is 0 Å². The van der Waals surface area contributed by atoms with Gasteiger partial charge >= 0.3 is 0 Å². The van der Waals surface area contributed by atoms with E-state index in [9.17, 15) is 4.79 Å². The number of amides is 1. The highest BCUT2D eigenvalue weighted by molar-refractivity contribution is 6.02. The highest BCUT2D eigenvalue weighted by Gasteiger charge is 2.17. The smallest absolute Gasteiger partial charge is 0.255 e. The molecule has 0 atom stereocenters. The molecule has 1 aliphatic heterocycles. The average molecular weight is 330 g/mol. The van der Waals surface area contributed by atoms with Crippen LogP contribution in [0, 0.1) is 0 Å². The molecule has 2 aromatic rings. The maximum absolute atomic E-state index is 12.5. The van der Waals surface area contributed by atoms with Crippen molar-refractivity contribution in [3.63, 3.8) is 0 Å². The Hall–Kier alpha value is -2.81. The minimum atomic E-state index is -0.244. The van der Waals surface area contributed by atoms with Crippen LogP contribution in [-0.4, -0.2) is 53.0 Å². The fourth-order valence-electron chi connectivity index (χ4n) is 2.83. The summed E-state index contributed by atoms with van der Waals surface area (Å²) in [6.45, 7) is 2.24. The van der Waals surface area contributed by atoms with Gasteiger partial charge in [-0.2, -0.15) is 10.2 Å². The summed E-state index contributed by atoms with van der Waals surface area (Å²) in [7, 11) is 1.61. The first-order valence-corrected chi connectivity index (χ1v) is 7.86. The maximum Gasteiger partial charge on any atom is 0.255 e. The molecule has 0 aliphatic carbocycles. The first kappa shape index (κ1) is 16.1. The van der Waals surface area contributed by atoms with Gasteiger partial charge in [-0.3, -0.25) is 9.80 Å². The third-order valence-electron chi connectivity index (χ3n) is 4.18. The molecule has 3 rings (SSSR count). The van der Waals surface area contributed by atoms with Crippen molar-refractivity contribution in [2.45, 2.75) is 12.8 Å². The lowest BCUT2D eigenvalue weighted by Crippen LogP contribution is -2.42. The summed E-state index contributed by atoms with van der Waals surface area (Å²) in [6.07, 6.45) is 5.83. The number of rotatable bonds is 4. The van der Waals surface area contributed by atoms with Crippen LogP contribution < -0.4 is 21.9 Å². The van der Waals surface area contributed by atoms with Gasteiger partial charge in [0.1, 0.15) is 0 Å². The molecular formula is C15H22N8O. The van der Waals surface area contributed by atoms with E-state index in [-0.39, 0.29) is 12.5 Å². The summed E-state index contributed by atoms with van der Waals surface area (Å²) in [4.78, 5) is 14.8. The van der Waals surface area contributed by atoms with E-state index < -0.39 is 0 Å². The van der Waals surface area contributed by atoms with Crippen molar-refractivity contribution in [1.29, 1.82) is 0 Å². The fraction of sp³-hybridized carbons (Fsp3) is 0.400. The van der Waals surface area contributed by atoms with Crippen molar-refractivity contribution in [2.75, 3.05) is 31.6 Å². The highest BCUT2D eigenvalue weighted by atomic mass is 16.1. The zero-order valence-electron chi connectivity index (χ0n) is 13.6. The number of pyridine rings is 1. The predicted molar refractivity (Wildman–Crippen MR) is 92.5 cm³/mol. The number of fused-ring (bicyclic) bond motifs is 1. The Morgan fingerprint density at radius 2 is 2.21 bits per heavy atom. The van der Waals surface area contributed by atoms with E-state index in [1.165, 1.54) is 17.9 Å². The summed E-state index contributed by atoms with van der Waals surface area (Å²) in [5.74, 6) is 11.0. The Morgan fingerprint density at radius 1 is 1.46 bits per heavy atom. The highest BCUT2D eigenvalue weighted by Crippen LogP contribution is 2.23. The van der Waals surface area contributed by atoms with Crippen LogP contribution >= 0.6 is 0 Å². The minimum Gasteiger partial charge on any atom is -0.371 e. The van der Waals surface area contributed by atoms with E-state index in [1.54, 1.807) is 17.8 Å². The molecule has 0 bridgehead atoms. The lowest BCUT2D eigenvalue weighted by Gasteiger charge is -2.17. The molecule has 2 aromatic heterocycles. The van der Waals surface area contributed by atoms with Crippen LogP contribution in [0.4, 0.5) is 5.69 Å². The van der Waals surface area contributed by atoms with Gasteiger partial charge in [0.25, 0.3) is 5.91 Å². The Labute approximate surface area is 139 Å². The normalized spacial score (nSPS) is 15.1. The molecule has 9 heteroatoms. The molecular weight excluding hydrogens is 308 g/mol. The molecule has 24 heavy (non-hydrogen) atoms. The van der Waals surface area contributed by atoms with E-state index in [0.717, 1.165) is 24.3 Å². The van der Waals surface area contributed by atoms with Gasteiger partial charge in [-0.05, 0) is 25.0 Å². The van der Waals surface area contributed by atoms with Crippen LogP contribution in [0.25, 0.3) is 5.52 Å². The summed E-state index contributed by atoms with van der Waals surface area (Å²) in [5, 5.41) is 11.8. The van der Waals surface area contributed by atoms with E-state index in [1.807, 2.05) is 18.3 Å². The standard InChI is InChI=1S/C15H22N8O/c1-21(17)14(20-16)10-18-15(24)12-9-19-23-7-4-11(8-13(12)23)22-5-2-3-6-22/h4,7-9H,2-3,5-6,10,16-17H2,1H3,(H,18,24)/b20-14-. The van der Waals surface area contributed by atoms with E-state index >= 15 is 0 Å². The number of anilines is 1. The third-order valence-corrected chi connectivity index (χ3v) is 4.18. The molecule has 5 N–H and O–H groups in total. The number of nitrogens with two attached hydrogens (primary N) is 2. The Kier molecular flexibility index (Phi) is 4.52. The molecule has 0 radical (unpaired) electrons. The number of hydrogen-bond acceptors (Lipinski definition) is 6. The van der Waals surface area contributed by atoms with Gasteiger partial charge < -0.3 is 16.1 Å². The zero-order chi connectivity index (χ0) is 17.1. The van der Waals surface area contributed by atoms with Gasteiger partial charge in [-0.25, -0.2) is 10.4 Å². The van der Waals surface area contributed by atoms with Gasteiger partial charge in [0.2, 0.25) is 0 Å². The number of hydrogen-bond donors (Lipinski definition) is 3. The van der Waals surface area contributed by atoms with Gasteiger partial charge in [0.15, 0.2) is 5.84 Å². The molecule has 1 saturated heterocycles. The second kappa shape index (κ2) is 6.75. The maximum atomic E-state index is 12.5. The number of hydrazine groups is 1. The van der Waals surface area contributed by atoms with E-state index in [0.29, 0.717) is 11.4 Å². The molecule has 1 aliphatic rings. The largest absolute Gasteiger partial charge is 0.371 e. The number of nitrogens with zero attached hydrogens (tertiary/aromatic N) is 5. The SMILES string of the molecule is CN(N)/C(CNC(=O)c1cnn2ccc(N3CCCC3)cc12)=N\N. The molecule has 0 unspecified atom stereocenters. The molecule has 128 valence electrons. The van der Waals surface area contributed by atoms with Gasteiger partial charge in [-0.15, -0.1) is 0 Å². The number of hydrazone groups is 1. The second-order valence-corrected chi connectivity index (χ2v) is 5.81. The first-order valence-electron chi connectivity index (χ1n) is 7.86. The van der Waals surface area contributed by atoms with Crippen LogP contribution in [0.3, 0.4) is 0 Å². The number of nitrogens with one attached hydrogen (secondary N) is 1. The first-order chi connectivity index (χ1) is 11.6. The fourth-order valence-corrected chi connectivity index (χ4v) is 2.83. The van der Waals surface area contributed by atoms with Crippen LogP contribution in [-0.2, 0) is 0 Å². The van der Waals surface area contributed by atoms with Crippen LogP contribution in [0.15, 0.2) is 29.6 Å². The number of carbonyl (C=O) groups is 1. The van der Waals surface area contributed by atoms with Crippen LogP contribution in [0.5, 0.6) is 0 Å². The Morgan fingerprint density at radius 3 is 2.88 bits per heavy atom. The van der Waals surface area contributed by atoms with Gasteiger partial charge in [0.05, 0.1) is 23.8 Å². The van der Waals surface area contributed by atoms with Crippen molar-refractivity contribution >= 4 is 22.9 Å². The summed E-state index contributed by atoms with van der Waals surface area (Å²) < 4.78 is 1.70. The molecule has 9 nitrogen and oxygen atoms in total. The van der Waals surface area contributed by atoms with Crippen molar-refractivity contribution in [1.82, 2.24) is 19.9 Å². The quantitative estimate of drug-likeness (QED) is 0.308. The molecule has 0 saturated carbocycles. The minimum absolute atomic E-state index is 0.144. The third kappa shape index (κ3) is 3.11. The monoisotopic (exact) mass is 330 g/mol. The molecule has 0 spiro atoms. The molecule has 0 aromatic carbocycles. The average Bonchev–Trinajstić information content (AvgIpc) is 3.24. The topological polar surface area (TPSA) is 117 Å². The van der Waals surface area contributed by atoms with E-state index in [2.05, 4.69) is 20.4 Å². The Balaban J connectivity index is 1.80. The molecule has 3 heterocycles. The van der Waals surface area contributed by atoms with Gasteiger partial charge in [0, 0.05) is 32.0 Å². The molecule has 1 amide bonds. The summed E-state index contributed by atoms with van der Waals surface area (Å²) in [5.41, 5.74) is 2.39. The lowest BCUT2D eigenvalue weighted by molar-refractivity contribution is 0.0960. The van der Waals surface area contributed by atoms with Crippen LogP contribution in [0.2, 0.25) is 0 Å². The van der Waals surface area contributed by atoms with E-state index in [4.69, 9.17) is 11.7 Å². The summed E-state index contributed by atoms with van der Waals surface area (Å²) >= 11 is 0. The van der Waals surface area contributed by atoms with Crippen molar-refractivity contribution in [3.05, 3.63) is 30.1 Å². The van der Waals surface area contributed by atoms with Crippen molar-refractivity contribution in [2.24, 2.45) is 16.8 Å². The summed E-state index contributed by atoms with van der Waals surface area (Å²) in [6, 6.07) is 4.02. The predicted octanol–water partition coefficient (Wildman–Crippen LogP) is -0.258. The van der Waals surface area contributed by atoms with Crippen molar-refractivity contribution < 1.29 is 4.79 Å². The van der Waals surface area contributed by atoms with Crippen molar-refractivity contribution in [3.8, 4) is 0 Å². The molecule has 1 fully saturated rings. The number of likely N-dealkylation sites (N-methyl/N-ethyl adjacent to an activating group) is 1. The number of aromatic nitrogens is 2. The number of amidine groups is 1. The zero-order valence-corrected chi connectivity index (χ0v) is 13.6. The second-order valence-electron chi connectivity index (χ2n) is 5.81.